The Morgan fingerprint density at radius 2 is 2.08 bits per heavy atom. The van der Waals surface area contributed by atoms with Crippen molar-refractivity contribution in [2.45, 2.75) is 43.8 Å². The molecule has 2 aliphatic rings. The highest BCUT2D eigenvalue weighted by Crippen LogP contribution is 2.30. The quantitative estimate of drug-likeness (QED) is 0.751. The first-order chi connectivity index (χ1) is 11.8. The number of nitrogens with zero attached hydrogens (tertiary/aromatic N) is 2. The maximum atomic E-state index is 12.3. The first-order valence-electron chi connectivity index (χ1n) is 8.75. The van der Waals surface area contributed by atoms with Crippen molar-refractivity contribution in [1.82, 2.24) is 20.5 Å². The van der Waals surface area contributed by atoms with E-state index in [1.54, 1.807) is 0 Å². The van der Waals surface area contributed by atoms with Crippen molar-refractivity contribution in [2.24, 2.45) is 11.8 Å². The zero-order valence-electron chi connectivity index (χ0n) is 14.1. The lowest BCUT2D eigenvalue weighted by Crippen LogP contribution is -2.49. The van der Waals surface area contributed by atoms with Crippen molar-refractivity contribution in [3.8, 4) is 0 Å². The molecule has 2 saturated heterocycles. The first-order valence-corrected chi connectivity index (χ1v) is 9.73. The van der Waals surface area contributed by atoms with E-state index in [9.17, 15) is 4.79 Å². The van der Waals surface area contributed by atoms with Crippen LogP contribution >= 0.6 is 11.8 Å². The zero-order valence-corrected chi connectivity index (χ0v) is 14.9. The fourth-order valence-corrected chi connectivity index (χ4v) is 4.06. The number of aryl methyl sites for hydroxylation is 1. The van der Waals surface area contributed by atoms with Crippen LogP contribution < -0.4 is 5.32 Å². The number of carbonyl (C=O) groups is 1. The van der Waals surface area contributed by atoms with Crippen LogP contribution in [0.3, 0.4) is 0 Å². The van der Waals surface area contributed by atoms with Gasteiger partial charge in [-0.2, -0.15) is 0 Å². The van der Waals surface area contributed by atoms with Crippen molar-refractivity contribution in [1.29, 1.82) is 0 Å². The fraction of sp³-hybridized carbons (Fsp3) is 0.812. The van der Waals surface area contributed by atoms with E-state index in [-0.39, 0.29) is 11.9 Å². The highest BCUT2D eigenvalue weighted by molar-refractivity contribution is 7.99. The Bertz CT molecular complexity index is 533. The maximum absolute atomic E-state index is 12.3. The molecule has 24 heavy (non-hydrogen) atoms. The number of aromatic nitrogens is 3. The number of rotatable bonds is 6. The van der Waals surface area contributed by atoms with Crippen LogP contribution in [-0.4, -0.2) is 59.3 Å². The number of H-pyrrole nitrogens is 1. The third-order valence-corrected chi connectivity index (χ3v) is 5.64. The minimum Gasteiger partial charge on any atom is -0.381 e. The standard InChI is InChI=1S/C16H26N4O3S/c1-2-14-18-16(20-19-14)24-10-15(21)17-13-5-8-23-9-12(13)11-3-6-22-7-4-11/h11-13H,2-10H2,1H3,(H,17,21)(H,18,19,20). The second kappa shape index (κ2) is 8.82. The van der Waals surface area contributed by atoms with E-state index in [0.29, 0.717) is 22.7 Å². The molecule has 1 aromatic heterocycles. The molecule has 0 spiro atoms. The smallest absolute Gasteiger partial charge is 0.230 e. The van der Waals surface area contributed by atoms with Gasteiger partial charge in [0.15, 0.2) is 0 Å². The van der Waals surface area contributed by atoms with Gasteiger partial charge in [-0.05, 0) is 25.2 Å². The summed E-state index contributed by atoms with van der Waals surface area (Å²) < 4.78 is 11.1. The van der Waals surface area contributed by atoms with Gasteiger partial charge in [0.1, 0.15) is 5.82 Å². The fourth-order valence-electron chi connectivity index (χ4n) is 3.43. The van der Waals surface area contributed by atoms with Crippen molar-refractivity contribution in [2.75, 3.05) is 32.2 Å². The average Bonchev–Trinajstić information content (AvgIpc) is 3.09. The van der Waals surface area contributed by atoms with E-state index >= 15 is 0 Å². The lowest BCUT2D eigenvalue weighted by atomic mass is 9.79. The van der Waals surface area contributed by atoms with E-state index < -0.39 is 0 Å². The second-order valence-electron chi connectivity index (χ2n) is 6.36. The van der Waals surface area contributed by atoms with Crippen molar-refractivity contribution in [3.05, 3.63) is 5.82 Å². The molecule has 0 saturated carbocycles. The highest BCUT2D eigenvalue weighted by Gasteiger charge is 2.34. The molecule has 8 heteroatoms. The number of hydrogen-bond acceptors (Lipinski definition) is 6. The van der Waals surface area contributed by atoms with Gasteiger partial charge in [0.2, 0.25) is 11.1 Å². The Morgan fingerprint density at radius 3 is 2.83 bits per heavy atom. The van der Waals surface area contributed by atoms with Gasteiger partial charge >= 0.3 is 0 Å². The monoisotopic (exact) mass is 354 g/mol. The summed E-state index contributed by atoms with van der Waals surface area (Å²) in [5.41, 5.74) is 0. The summed E-state index contributed by atoms with van der Waals surface area (Å²) in [5.74, 6) is 2.22. The van der Waals surface area contributed by atoms with Crippen LogP contribution in [0, 0.1) is 11.8 Å². The van der Waals surface area contributed by atoms with Crippen molar-refractivity contribution < 1.29 is 14.3 Å². The summed E-state index contributed by atoms with van der Waals surface area (Å²) in [6, 6.07) is 0.202. The van der Waals surface area contributed by atoms with Crippen LogP contribution in [0.25, 0.3) is 0 Å². The minimum absolute atomic E-state index is 0.0480. The molecule has 2 N–H and O–H groups in total. The molecular weight excluding hydrogens is 328 g/mol. The average molecular weight is 354 g/mol. The van der Waals surface area contributed by atoms with Crippen LogP contribution in [0.4, 0.5) is 0 Å². The van der Waals surface area contributed by atoms with Crippen molar-refractivity contribution >= 4 is 17.7 Å². The molecule has 7 nitrogen and oxygen atoms in total. The van der Waals surface area contributed by atoms with E-state index in [2.05, 4.69) is 20.5 Å². The van der Waals surface area contributed by atoms with Gasteiger partial charge in [0, 0.05) is 38.2 Å². The number of nitrogens with one attached hydrogen (secondary N) is 2. The molecule has 2 aliphatic heterocycles. The molecule has 2 fully saturated rings. The molecule has 2 atom stereocenters. The number of hydrogen-bond donors (Lipinski definition) is 2. The lowest BCUT2D eigenvalue weighted by Gasteiger charge is -2.39. The Balaban J connectivity index is 1.49. The molecule has 1 aromatic rings. The normalized spacial score (nSPS) is 25.5. The van der Waals surface area contributed by atoms with Gasteiger partial charge < -0.3 is 14.8 Å². The SMILES string of the molecule is CCc1nc(SCC(=O)NC2CCOCC2C2CCOCC2)n[nH]1. The third-order valence-electron chi connectivity index (χ3n) is 4.80. The summed E-state index contributed by atoms with van der Waals surface area (Å²) in [7, 11) is 0. The summed E-state index contributed by atoms with van der Waals surface area (Å²) in [5, 5.41) is 10.8. The van der Waals surface area contributed by atoms with Crippen LogP contribution in [-0.2, 0) is 20.7 Å². The minimum atomic E-state index is 0.0480. The Hall–Kier alpha value is -1.12. The molecule has 134 valence electrons. The lowest BCUT2D eigenvalue weighted by molar-refractivity contribution is -0.121. The van der Waals surface area contributed by atoms with E-state index in [1.807, 2.05) is 6.92 Å². The number of carbonyl (C=O) groups excluding carboxylic acids is 1. The summed E-state index contributed by atoms with van der Waals surface area (Å²) in [6.07, 6.45) is 3.83. The molecule has 0 aromatic carbocycles. The zero-order chi connectivity index (χ0) is 16.8. The van der Waals surface area contributed by atoms with Gasteiger partial charge in [-0.25, -0.2) is 4.98 Å². The topological polar surface area (TPSA) is 89.1 Å². The first kappa shape index (κ1) is 17.7. The van der Waals surface area contributed by atoms with Gasteiger partial charge in [-0.3, -0.25) is 9.89 Å². The van der Waals surface area contributed by atoms with Gasteiger partial charge in [0.05, 0.1) is 12.4 Å². The van der Waals surface area contributed by atoms with Crippen molar-refractivity contribution in [3.63, 3.8) is 0 Å². The van der Waals surface area contributed by atoms with Crippen LogP contribution in [0.15, 0.2) is 5.16 Å². The molecule has 0 aliphatic carbocycles. The largest absolute Gasteiger partial charge is 0.381 e. The van der Waals surface area contributed by atoms with Gasteiger partial charge in [-0.15, -0.1) is 5.10 Å². The molecule has 0 radical (unpaired) electrons. The third kappa shape index (κ3) is 4.70. The number of thioether (sulfide) groups is 1. The van der Waals surface area contributed by atoms with Crippen LogP contribution in [0.5, 0.6) is 0 Å². The molecule has 1 amide bonds. The highest BCUT2D eigenvalue weighted by atomic mass is 32.2. The second-order valence-corrected chi connectivity index (χ2v) is 7.30. The Morgan fingerprint density at radius 1 is 1.29 bits per heavy atom. The Kier molecular flexibility index (Phi) is 6.51. The van der Waals surface area contributed by atoms with Crippen LogP contribution in [0.1, 0.15) is 32.0 Å². The molecule has 3 rings (SSSR count). The summed E-state index contributed by atoms with van der Waals surface area (Å²) >= 11 is 1.37. The summed E-state index contributed by atoms with van der Waals surface area (Å²) in [4.78, 5) is 16.6. The van der Waals surface area contributed by atoms with Gasteiger partial charge in [-0.1, -0.05) is 18.7 Å². The van der Waals surface area contributed by atoms with E-state index in [4.69, 9.17) is 9.47 Å². The van der Waals surface area contributed by atoms with E-state index in [1.165, 1.54) is 11.8 Å². The Labute approximate surface area is 146 Å². The predicted molar refractivity (Wildman–Crippen MR) is 90.9 cm³/mol. The number of aromatic amines is 1. The predicted octanol–water partition coefficient (Wildman–Crippen LogP) is 1.41. The maximum Gasteiger partial charge on any atom is 0.230 e. The molecule has 2 unspecified atom stereocenters. The van der Waals surface area contributed by atoms with Crippen LogP contribution in [0.2, 0.25) is 0 Å². The molecule has 0 bridgehead atoms. The molecular formula is C16H26N4O3S. The molecule has 3 heterocycles. The number of amides is 1. The summed E-state index contributed by atoms with van der Waals surface area (Å²) in [6.45, 7) is 5.12. The van der Waals surface area contributed by atoms with E-state index in [0.717, 1.165) is 57.9 Å². The number of ether oxygens (including phenoxy) is 2. The van der Waals surface area contributed by atoms with Gasteiger partial charge in [0.25, 0.3) is 0 Å².